The third kappa shape index (κ3) is 5.63. The van der Waals surface area contributed by atoms with E-state index >= 15 is 0 Å². The van der Waals surface area contributed by atoms with E-state index in [1.165, 1.54) is 0 Å². The summed E-state index contributed by atoms with van der Waals surface area (Å²) in [6.07, 6.45) is 1.80. The summed E-state index contributed by atoms with van der Waals surface area (Å²) >= 11 is 0. The van der Waals surface area contributed by atoms with Crippen LogP contribution in [-0.2, 0) is 4.74 Å². The number of anilines is 1. The molecule has 0 aliphatic carbocycles. The van der Waals surface area contributed by atoms with Crippen LogP contribution in [-0.4, -0.2) is 47.8 Å². The van der Waals surface area contributed by atoms with Crippen LogP contribution in [0.1, 0.15) is 43.6 Å². The molecule has 1 aliphatic heterocycles. The van der Waals surface area contributed by atoms with Crippen molar-refractivity contribution in [1.29, 1.82) is 0 Å². The highest BCUT2D eigenvalue weighted by Gasteiger charge is 2.18. The molecule has 28 heavy (non-hydrogen) atoms. The number of carbonyl (C=O) groups excluding carboxylic acids is 1. The largest absolute Gasteiger partial charge is 0.378 e. The Morgan fingerprint density at radius 3 is 2.50 bits per heavy atom. The fourth-order valence-corrected chi connectivity index (χ4v) is 2.80. The molecule has 6 nitrogen and oxygen atoms in total. The summed E-state index contributed by atoms with van der Waals surface area (Å²) in [5.41, 5.74) is 7.54. The van der Waals surface area contributed by atoms with Crippen LogP contribution in [0.25, 0.3) is 11.1 Å². The van der Waals surface area contributed by atoms with Gasteiger partial charge in [0, 0.05) is 36.1 Å². The van der Waals surface area contributed by atoms with Gasteiger partial charge in [0.15, 0.2) is 0 Å². The van der Waals surface area contributed by atoms with Gasteiger partial charge < -0.3 is 9.64 Å². The fraction of sp³-hybridized carbons (Fsp3) is 0.409. The molecular weight excluding hydrogens is 352 g/mol. The van der Waals surface area contributed by atoms with E-state index in [9.17, 15) is 4.79 Å². The number of hydrogen-bond acceptors (Lipinski definition) is 5. The molecule has 0 spiro atoms. The molecule has 0 atom stereocenters. The Bertz CT molecular complexity index is 823. The van der Waals surface area contributed by atoms with E-state index in [1.54, 1.807) is 6.20 Å². The zero-order valence-electron chi connectivity index (χ0n) is 17.5. The van der Waals surface area contributed by atoms with Gasteiger partial charge in [0.1, 0.15) is 5.82 Å². The average molecular weight is 383 g/mol. The molecule has 0 radical (unpaired) electrons. The van der Waals surface area contributed by atoms with Gasteiger partial charge in [0.05, 0.1) is 13.2 Å². The molecule has 1 aromatic heterocycles. The number of hydrogen-bond donors (Lipinski definition) is 1. The second kappa shape index (κ2) is 10.6. The molecule has 0 bridgehead atoms. The quantitative estimate of drug-likeness (QED) is 0.630. The predicted octanol–water partition coefficient (Wildman–Crippen LogP) is 4.36. The average Bonchev–Trinajstić information content (AvgIpc) is 2.74. The van der Waals surface area contributed by atoms with E-state index in [-0.39, 0.29) is 5.91 Å². The van der Waals surface area contributed by atoms with Gasteiger partial charge in [-0.1, -0.05) is 26.0 Å². The zero-order chi connectivity index (χ0) is 20.5. The van der Waals surface area contributed by atoms with Crippen molar-refractivity contribution in [3.63, 3.8) is 0 Å². The van der Waals surface area contributed by atoms with Crippen molar-refractivity contribution in [2.45, 2.75) is 34.6 Å². The van der Waals surface area contributed by atoms with Gasteiger partial charge in [-0.15, -0.1) is 0 Å². The van der Waals surface area contributed by atoms with Crippen LogP contribution in [0.4, 0.5) is 5.82 Å². The maximum Gasteiger partial charge on any atom is 0.254 e. The molecule has 6 heteroatoms. The Kier molecular flexibility index (Phi) is 8.14. The number of hydrazone groups is 1. The monoisotopic (exact) mass is 382 g/mol. The third-order valence-electron chi connectivity index (χ3n) is 4.20. The molecule has 2 aromatic rings. The summed E-state index contributed by atoms with van der Waals surface area (Å²) in [6, 6.07) is 9.74. The maximum atomic E-state index is 12.7. The molecule has 1 fully saturated rings. The number of rotatable bonds is 4. The summed E-state index contributed by atoms with van der Waals surface area (Å²) in [7, 11) is 0. The van der Waals surface area contributed by atoms with E-state index in [0.29, 0.717) is 31.9 Å². The first-order valence-corrected chi connectivity index (χ1v) is 9.75. The molecule has 1 N–H and O–H groups in total. The van der Waals surface area contributed by atoms with Crippen LogP contribution in [0, 0.1) is 6.92 Å². The van der Waals surface area contributed by atoms with Crippen molar-refractivity contribution in [3.8, 4) is 11.1 Å². The lowest BCUT2D eigenvalue weighted by molar-refractivity contribution is 0.0303. The number of aromatic nitrogens is 1. The minimum atomic E-state index is 0.0471. The van der Waals surface area contributed by atoms with Gasteiger partial charge in [-0.2, -0.15) is 5.10 Å². The number of nitrogens with zero attached hydrogens (tertiary/aromatic N) is 3. The molecule has 1 amide bonds. The van der Waals surface area contributed by atoms with Crippen molar-refractivity contribution in [2.24, 2.45) is 5.10 Å². The Labute approximate surface area is 167 Å². The van der Waals surface area contributed by atoms with Crippen LogP contribution in [0.3, 0.4) is 0 Å². The van der Waals surface area contributed by atoms with Crippen LogP contribution in [0.15, 0.2) is 41.6 Å². The first-order valence-electron chi connectivity index (χ1n) is 9.75. The van der Waals surface area contributed by atoms with Gasteiger partial charge in [-0.05, 0) is 50.1 Å². The molecule has 0 saturated carbocycles. The SMILES string of the molecule is CC.CC(C)=NNc1ncc(-c2cccc(C(=O)N3CCOCC3)c2)cc1C. The maximum absolute atomic E-state index is 12.7. The Morgan fingerprint density at radius 1 is 1.14 bits per heavy atom. The van der Waals surface area contributed by atoms with Gasteiger partial charge in [-0.3, -0.25) is 10.2 Å². The summed E-state index contributed by atoms with van der Waals surface area (Å²) in [6.45, 7) is 12.3. The van der Waals surface area contributed by atoms with Crippen LogP contribution < -0.4 is 5.43 Å². The standard InChI is InChI=1S/C20H24N4O2.C2H6/c1-14(2)22-23-19-15(3)11-18(13-21-19)16-5-4-6-17(12-16)20(25)24-7-9-26-10-8-24;1-2/h4-6,11-13H,7-10H2,1-3H3,(H,21,23);1-2H3. The highest BCUT2D eigenvalue weighted by Crippen LogP contribution is 2.24. The Balaban J connectivity index is 0.00000136. The van der Waals surface area contributed by atoms with E-state index in [2.05, 4.69) is 15.5 Å². The lowest BCUT2D eigenvalue weighted by Crippen LogP contribution is -2.40. The molecule has 1 aliphatic rings. The molecule has 3 rings (SSSR count). The number of amides is 1. The normalized spacial score (nSPS) is 13.2. The summed E-state index contributed by atoms with van der Waals surface area (Å²) in [5, 5.41) is 4.19. The van der Waals surface area contributed by atoms with E-state index < -0.39 is 0 Å². The first-order chi connectivity index (χ1) is 13.5. The van der Waals surface area contributed by atoms with Gasteiger partial charge >= 0.3 is 0 Å². The fourth-order valence-electron chi connectivity index (χ4n) is 2.80. The summed E-state index contributed by atoms with van der Waals surface area (Å²) in [4.78, 5) is 19.0. The number of benzene rings is 1. The van der Waals surface area contributed by atoms with Crippen molar-refractivity contribution >= 4 is 17.4 Å². The third-order valence-corrected chi connectivity index (χ3v) is 4.20. The van der Waals surface area contributed by atoms with Crippen LogP contribution in [0.5, 0.6) is 0 Å². The van der Waals surface area contributed by atoms with Gasteiger partial charge in [-0.25, -0.2) is 4.98 Å². The number of aryl methyl sites for hydroxylation is 1. The van der Waals surface area contributed by atoms with Crippen molar-refractivity contribution in [1.82, 2.24) is 9.88 Å². The van der Waals surface area contributed by atoms with E-state index in [1.807, 2.05) is 69.9 Å². The second-order valence-electron chi connectivity index (χ2n) is 6.55. The minimum absolute atomic E-state index is 0.0471. The smallest absolute Gasteiger partial charge is 0.254 e. The van der Waals surface area contributed by atoms with E-state index in [0.717, 1.165) is 28.2 Å². The van der Waals surface area contributed by atoms with Crippen molar-refractivity contribution < 1.29 is 9.53 Å². The van der Waals surface area contributed by atoms with Gasteiger partial charge in [0.2, 0.25) is 0 Å². The number of nitrogens with one attached hydrogen (secondary N) is 1. The highest BCUT2D eigenvalue weighted by molar-refractivity contribution is 5.95. The predicted molar refractivity (Wildman–Crippen MR) is 115 cm³/mol. The topological polar surface area (TPSA) is 66.8 Å². The number of carbonyl (C=O) groups is 1. The highest BCUT2D eigenvalue weighted by atomic mass is 16.5. The van der Waals surface area contributed by atoms with Gasteiger partial charge in [0.25, 0.3) is 5.91 Å². The second-order valence-corrected chi connectivity index (χ2v) is 6.55. The first kappa shape index (κ1) is 21.6. The minimum Gasteiger partial charge on any atom is -0.378 e. The zero-order valence-corrected chi connectivity index (χ0v) is 17.5. The number of pyridine rings is 1. The Hall–Kier alpha value is -2.73. The van der Waals surface area contributed by atoms with Crippen LogP contribution >= 0.6 is 0 Å². The molecule has 2 heterocycles. The molecular formula is C22H30N4O2. The molecule has 150 valence electrons. The summed E-state index contributed by atoms with van der Waals surface area (Å²) < 4.78 is 5.32. The molecule has 1 aromatic carbocycles. The lowest BCUT2D eigenvalue weighted by atomic mass is 10.0. The Morgan fingerprint density at radius 2 is 1.86 bits per heavy atom. The van der Waals surface area contributed by atoms with E-state index in [4.69, 9.17) is 4.74 Å². The lowest BCUT2D eigenvalue weighted by Gasteiger charge is -2.27. The van der Waals surface area contributed by atoms with Crippen molar-refractivity contribution in [2.75, 3.05) is 31.7 Å². The van der Waals surface area contributed by atoms with Crippen molar-refractivity contribution in [3.05, 3.63) is 47.7 Å². The van der Waals surface area contributed by atoms with Crippen LogP contribution in [0.2, 0.25) is 0 Å². The number of ether oxygens (including phenoxy) is 1. The summed E-state index contributed by atoms with van der Waals surface area (Å²) in [5.74, 6) is 0.779. The molecule has 0 unspecified atom stereocenters. The number of morpholine rings is 1. The molecule has 1 saturated heterocycles.